The molecule has 0 aliphatic carbocycles. The first-order valence-electron chi connectivity index (χ1n) is 6.09. The minimum atomic E-state index is -0.817. The van der Waals surface area contributed by atoms with Gasteiger partial charge in [0.2, 0.25) is 0 Å². The van der Waals surface area contributed by atoms with E-state index in [9.17, 15) is 9.90 Å². The van der Waals surface area contributed by atoms with Gasteiger partial charge in [-0.25, -0.2) is 4.98 Å². The number of carboxylic acids is 1. The van der Waals surface area contributed by atoms with E-state index in [-0.39, 0.29) is 0 Å². The van der Waals surface area contributed by atoms with E-state index in [1.54, 1.807) is 31.1 Å². The molecule has 0 fully saturated rings. The summed E-state index contributed by atoms with van der Waals surface area (Å²) in [5.74, 6) is 0.104. The average Bonchev–Trinajstić information content (AvgIpc) is 2.81. The Morgan fingerprint density at radius 1 is 1.61 bits per heavy atom. The second-order valence-corrected chi connectivity index (χ2v) is 5.32. The van der Waals surface area contributed by atoms with Crippen LogP contribution in [-0.2, 0) is 4.79 Å². The third-order valence-corrected chi connectivity index (χ3v) is 3.69. The van der Waals surface area contributed by atoms with Crippen molar-refractivity contribution in [2.24, 2.45) is 0 Å². The third kappa shape index (κ3) is 4.70. The van der Waals surface area contributed by atoms with E-state index in [1.807, 2.05) is 6.92 Å². The summed E-state index contributed by atoms with van der Waals surface area (Å²) in [5, 5.41) is 12.9. The van der Waals surface area contributed by atoms with Crippen molar-refractivity contribution in [3.63, 3.8) is 0 Å². The summed E-state index contributed by atoms with van der Waals surface area (Å²) >= 11 is 1.55. The van der Waals surface area contributed by atoms with Crippen molar-refractivity contribution in [2.45, 2.75) is 43.9 Å². The Bertz CT molecular complexity index is 356. The molecule has 1 aromatic rings. The highest BCUT2D eigenvalue weighted by atomic mass is 32.2. The van der Waals surface area contributed by atoms with Crippen LogP contribution in [0.4, 0.5) is 0 Å². The van der Waals surface area contributed by atoms with Crippen LogP contribution in [0.5, 0.6) is 0 Å². The number of oxazole rings is 1. The third-order valence-electron chi connectivity index (χ3n) is 2.75. The largest absolute Gasteiger partial charge is 0.480 e. The van der Waals surface area contributed by atoms with Gasteiger partial charge < -0.3 is 14.8 Å². The maximum atomic E-state index is 11.2. The Morgan fingerprint density at radius 3 is 2.94 bits per heavy atom. The molecule has 102 valence electrons. The van der Waals surface area contributed by atoms with Gasteiger partial charge in [-0.15, -0.1) is 0 Å². The molecule has 0 spiro atoms. The SMILES string of the molecule is CCNC(C)(CCCCSc1ncco1)C(=O)O. The first kappa shape index (κ1) is 15.0. The molecule has 0 bridgehead atoms. The molecule has 1 aromatic heterocycles. The number of hydrogen-bond donors (Lipinski definition) is 2. The topological polar surface area (TPSA) is 75.4 Å². The van der Waals surface area contributed by atoms with Crippen LogP contribution in [0.15, 0.2) is 22.1 Å². The lowest BCUT2D eigenvalue weighted by molar-refractivity contribution is -0.144. The van der Waals surface area contributed by atoms with Crippen LogP contribution >= 0.6 is 11.8 Å². The highest BCUT2D eigenvalue weighted by molar-refractivity contribution is 7.99. The van der Waals surface area contributed by atoms with Crippen LogP contribution in [0.2, 0.25) is 0 Å². The normalized spacial score (nSPS) is 14.3. The van der Waals surface area contributed by atoms with Gasteiger partial charge in [-0.05, 0) is 26.3 Å². The lowest BCUT2D eigenvalue weighted by atomic mass is 9.95. The molecule has 2 N–H and O–H groups in total. The zero-order chi connectivity index (χ0) is 13.4. The number of carbonyl (C=O) groups is 1. The average molecular weight is 272 g/mol. The second kappa shape index (κ2) is 7.43. The van der Waals surface area contributed by atoms with Gasteiger partial charge in [0.15, 0.2) is 0 Å². The van der Waals surface area contributed by atoms with Crippen molar-refractivity contribution in [2.75, 3.05) is 12.3 Å². The highest BCUT2D eigenvalue weighted by Crippen LogP contribution is 2.19. The van der Waals surface area contributed by atoms with Crippen molar-refractivity contribution in [1.29, 1.82) is 0 Å². The van der Waals surface area contributed by atoms with Crippen molar-refractivity contribution >= 4 is 17.7 Å². The lowest BCUT2D eigenvalue weighted by Gasteiger charge is -2.25. The number of aromatic nitrogens is 1. The van der Waals surface area contributed by atoms with Gasteiger partial charge in [-0.1, -0.05) is 25.1 Å². The smallest absolute Gasteiger partial charge is 0.323 e. The van der Waals surface area contributed by atoms with Crippen molar-refractivity contribution in [3.8, 4) is 0 Å². The number of rotatable bonds is 9. The van der Waals surface area contributed by atoms with Gasteiger partial charge in [-0.2, -0.15) is 0 Å². The molecular weight excluding hydrogens is 252 g/mol. The molecule has 5 nitrogen and oxygen atoms in total. The standard InChI is InChI=1S/C12H20N2O3S/c1-3-14-12(2,10(15)16)6-4-5-9-18-11-13-7-8-17-11/h7-8,14H,3-6,9H2,1-2H3,(H,15,16). The fourth-order valence-corrected chi connectivity index (χ4v) is 2.46. The van der Waals surface area contributed by atoms with E-state index in [2.05, 4.69) is 10.3 Å². The predicted octanol–water partition coefficient (Wildman–Crippen LogP) is 2.39. The number of likely N-dealkylation sites (N-methyl/N-ethyl adjacent to an activating group) is 1. The molecule has 0 aliphatic rings. The minimum absolute atomic E-state index is 0.627. The molecule has 0 saturated carbocycles. The van der Waals surface area contributed by atoms with Crippen molar-refractivity contribution in [1.82, 2.24) is 10.3 Å². The molecular formula is C12H20N2O3S. The summed E-state index contributed by atoms with van der Waals surface area (Å²) in [5.41, 5.74) is -0.817. The van der Waals surface area contributed by atoms with E-state index in [1.165, 1.54) is 0 Å². The molecule has 1 unspecified atom stereocenters. The number of nitrogens with one attached hydrogen (secondary N) is 1. The Kier molecular flexibility index (Phi) is 6.21. The van der Waals surface area contributed by atoms with Crippen LogP contribution in [-0.4, -0.2) is 33.9 Å². The summed E-state index contributed by atoms with van der Waals surface area (Å²) in [6.07, 6.45) is 5.61. The zero-order valence-corrected chi connectivity index (χ0v) is 11.6. The Balaban J connectivity index is 2.21. The summed E-state index contributed by atoms with van der Waals surface area (Å²) in [4.78, 5) is 15.2. The number of carboxylic acid groups (broad SMARTS) is 1. The number of hydrogen-bond acceptors (Lipinski definition) is 5. The number of nitrogens with zero attached hydrogens (tertiary/aromatic N) is 1. The van der Waals surface area contributed by atoms with E-state index in [0.29, 0.717) is 18.2 Å². The molecule has 0 radical (unpaired) electrons. The summed E-state index contributed by atoms with van der Waals surface area (Å²) < 4.78 is 5.10. The van der Waals surface area contributed by atoms with E-state index < -0.39 is 11.5 Å². The highest BCUT2D eigenvalue weighted by Gasteiger charge is 2.30. The number of unbranched alkanes of at least 4 members (excludes halogenated alkanes) is 1. The maximum Gasteiger partial charge on any atom is 0.323 e. The molecule has 1 heterocycles. The molecule has 6 heteroatoms. The molecule has 1 atom stereocenters. The molecule has 0 aliphatic heterocycles. The molecule has 0 amide bonds. The first-order valence-corrected chi connectivity index (χ1v) is 7.08. The van der Waals surface area contributed by atoms with E-state index in [4.69, 9.17) is 4.42 Å². The Labute approximate surface area is 111 Å². The Hall–Kier alpha value is -1.01. The van der Waals surface area contributed by atoms with Gasteiger partial charge in [0.25, 0.3) is 5.22 Å². The fourth-order valence-electron chi connectivity index (χ4n) is 1.68. The summed E-state index contributed by atoms with van der Waals surface area (Å²) in [7, 11) is 0. The summed E-state index contributed by atoms with van der Waals surface area (Å²) in [6, 6.07) is 0. The van der Waals surface area contributed by atoms with Gasteiger partial charge in [-0.3, -0.25) is 4.79 Å². The number of aliphatic carboxylic acids is 1. The predicted molar refractivity (Wildman–Crippen MR) is 70.8 cm³/mol. The van der Waals surface area contributed by atoms with Crippen LogP contribution in [0.3, 0.4) is 0 Å². The maximum absolute atomic E-state index is 11.2. The van der Waals surface area contributed by atoms with E-state index >= 15 is 0 Å². The first-order chi connectivity index (χ1) is 8.58. The second-order valence-electron chi connectivity index (χ2n) is 4.27. The van der Waals surface area contributed by atoms with Crippen LogP contribution in [0.25, 0.3) is 0 Å². The van der Waals surface area contributed by atoms with Gasteiger partial charge in [0.05, 0.1) is 6.20 Å². The monoisotopic (exact) mass is 272 g/mol. The zero-order valence-electron chi connectivity index (χ0n) is 10.8. The molecule has 18 heavy (non-hydrogen) atoms. The molecule has 0 aromatic carbocycles. The van der Waals surface area contributed by atoms with Crippen LogP contribution in [0, 0.1) is 0 Å². The van der Waals surface area contributed by atoms with Crippen LogP contribution < -0.4 is 5.32 Å². The van der Waals surface area contributed by atoms with Crippen LogP contribution in [0.1, 0.15) is 33.1 Å². The fraction of sp³-hybridized carbons (Fsp3) is 0.667. The molecule has 1 rings (SSSR count). The van der Waals surface area contributed by atoms with E-state index in [0.717, 1.165) is 18.6 Å². The quantitative estimate of drug-likeness (QED) is 0.531. The van der Waals surface area contributed by atoms with Crippen molar-refractivity contribution in [3.05, 3.63) is 12.5 Å². The van der Waals surface area contributed by atoms with Gasteiger partial charge in [0.1, 0.15) is 11.8 Å². The summed E-state index contributed by atoms with van der Waals surface area (Å²) in [6.45, 7) is 4.31. The Morgan fingerprint density at radius 2 is 2.39 bits per heavy atom. The molecule has 0 saturated heterocycles. The lowest BCUT2D eigenvalue weighted by Crippen LogP contribution is -2.49. The number of thioether (sulfide) groups is 1. The van der Waals surface area contributed by atoms with Gasteiger partial charge >= 0.3 is 5.97 Å². The van der Waals surface area contributed by atoms with Gasteiger partial charge in [0, 0.05) is 5.75 Å². The van der Waals surface area contributed by atoms with Crippen molar-refractivity contribution < 1.29 is 14.3 Å². The minimum Gasteiger partial charge on any atom is -0.480 e.